The number of cyclic esters (lactones) is 2. The Labute approximate surface area is 214 Å². The highest BCUT2D eigenvalue weighted by Crippen LogP contribution is 2.25. The summed E-state index contributed by atoms with van der Waals surface area (Å²) in [5.74, 6) is -4.43. The van der Waals surface area contributed by atoms with Crippen LogP contribution in [0.1, 0.15) is 36.8 Å². The van der Waals surface area contributed by atoms with E-state index in [-0.39, 0.29) is 17.9 Å². The minimum Gasteiger partial charge on any atom is -0.465 e. The zero-order chi connectivity index (χ0) is 26.9. The predicted octanol–water partition coefficient (Wildman–Crippen LogP) is 1.42. The fourth-order valence-electron chi connectivity index (χ4n) is 3.72. The summed E-state index contributed by atoms with van der Waals surface area (Å²) in [7, 11) is 0. The maximum absolute atomic E-state index is 13.2. The van der Waals surface area contributed by atoms with Crippen LogP contribution < -0.4 is 10.1 Å². The van der Waals surface area contributed by atoms with Gasteiger partial charge in [-0.1, -0.05) is 44.2 Å². The number of aliphatic hydroxyl groups is 1. The molecule has 0 aliphatic carbocycles. The van der Waals surface area contributed by atoms with Crippen LogP contribution in [0.5, 0.6) is 5.75 Å². The molecule has 2 N–H and O–H groups in total. The lowest BCUT2D eigenvalue weighted by Gasteiger charge is -2.29. The number of esters is 3. The molecular weight excluding hydrogens is 484 g/mol. The maximum atomic E-state index is 13.2. The van der Waals surface area contributed by atoms with E-state index in [1.54, 1.807) is 13.8 Å². The highest BCUT2D eigenvalue weighted by molar-refractivity contribution is 5.97. The molecule has 0 radical (unpaired) electrons. The molecule has 1 aromatic heterocycles. The van der Waals surface area contributed by atoms with Gasteiger partial charge in [0.25, 0.3) is 5.91 Å². The molecule has 1 fully saturated rings. The van der Waals surface area contributed by atoms with Crippen LogP contribution in [0.25, 0.3) is 0 Å². The first-order chi connectivity index (χ1) is 17.7. The fraction of sp³-hybridized carbons (Fsp3) is 0.423. The van der Waals surface area contributed by atoms with Crippen molar-refractivity contribution in [1.29, 1.82) is 0 Å². The number of ether oxygens (including phenoxy) is 4. The fourth-order valence-corrected chi connectivity index (χ4v) is 3.72. The van der Waals surface area contributed by atoms with E-state index < -0.39 is 67.3 Å². The van der Waals surface area contributed by atoms with Crippen molar-refractivity contribution in [3.63, 3.8) is 0 Å². The van der Waals surface area contributed by atoms with Gasteiger partial charge in [-0.05, 0) is 31.0 Å². The lowest BCUT2D eigenvalue weighted by Crippen LogP contribution is -2.47. The second kappa shape index (κ2) is 12.8. The molecule has 4 atom stereocenters. The van der Waals surface area contributed by atoms with E-state index in [1.165, 1.54) is 25.3 Å². The van der Waals surface area contributed by atoms with E-state index in [0.29, 0.717) is 0 Å². The summed E-state index contributed by atoms with van der Waals surface area (Å²) in [5.41, 5.74) is 0.610. The summed E-state index contributed by atoms with van der Waals surface area (Å²) in [5, 5.41) is 11.5. The van der Waals surface area contributed by atoms with Crippen LogP contribution >= 0.6 is 0 Å². The van der Waals surface area contributed by atoms with Crippen molar-refractivity contribution in [2.75, 3.05) is 13.4 Å². The van der Waals surface area contributed by atoms with Crippen LogP contribution in [0.3, 0.4) is 0 Å². The molecule has 0 saturated carbocycles. The minimum atomic E-state index is -1.38. The molecule has 2 heterocycles. The zero-order valence-electron chi connectivity index (χ0n) is 20.8. The molecule has 0 spiro atoms. The van der Waals surface area contributed by atoms with Crippen LogP contribution in [0.2, 0.25) is 0 Å². The maximum Gasteiger partial charge on any atom is 0.332 e. The Balaban J connectivity index is 1.86. The van der Waals surface area contributed by atoms with Gasteiger partial charge in [0.2, 0.25) is 0 Å². The smallest absolute Gasteiger partial charge is 0.332 e. The number of nitrogens with zero attached hydrogens (tertiary/aromatic N) is 1. The van der Waals surface area contributed by atoms with Gasteiger partial charge in [-0.3, -0.25) is 14.4 Å². The number of hydrogen-bond acceptors (Lipinski definition) is 10. The molecule has 198 valence electrons. The van der Waals surface area contributed by atoms with Crippen molar-refractivity contribution in [2.45, 2.75) is 45.4 Å². The lowest BCUT2D eigenvalue weighted by molar-refractivity contribution is -0.176. The summed E-state index contributed by atoms with van der Waals surface area (Å²) in [6.45, 7) is 3.60. The van der Waals surface area contributed by atoms with E-state index in [9.17, 15) is 19.2 Å². The van der Waals surface area contributed by atoms with Crippen LogP contribution in [0.15, 0.2) is 48.7 Å². The van der Waals surface area contributed by atoms with Crippen molar-refractivity contribution in [1.82, 2.24) is 10.3 Å². The Morgan fingerprint density at radius 1 is 1.14 bits per heavy atom. The SMILES string of the molecule is CC(C)C(=O)O[C@H]1[C@H](C)OC(=O)[C@@H](NC(=O)c2ncccc2OCO)COC(=O)[C@@H]1Cc1ccccc1. The molecule has 0 unspecified atom stereocenters. The van der Waals surface area contributed by atoms with Gasteiger partial charge in [0.05, 0.1) is 5.92 Å². The molecule has 2 aromatic rings. The Morgan fingerprint density at radius 2 is 1.86 bits per heavy atom. The Morgan fingerprint density at radius 3 is 2.54 bits per heavy atom. The van der Waals surface area contributed by atoms with Crippen LogP contribution in [0.4, 0.5) is 0 Å². The van der Waals surface area contributed by atoms with Crippen LogP contribution in [-0.4, -0.2) is 65.6 Å². The number of nitrogens with one attached hydrogen (secondary N) is 1. The molecular formula is C26H30N2O9. The summed E-state index contributed by atoms with van der Waals surface area (Å²) >= 11 is 0. The molecule has 1 aliphatic rings. The van der Waals surface area contributed by atoms with Crippen LogP contribution in [0, 0.1) is 11.8 Å². The van der Waals surface area contributed by atoms with Crippen LogP contribution in [-0.2, 0) is 35.0 Å². The van der Waals surface area contributed by atoms with E-state index in [1.807, 2.05) is 30.3 Å². The number of hydrogen-bond donors (Lipinski definition) is 2. The lowest BCUT2D eigenvalue weighted by atomic mass is 9.91. The van der Waals surface area contributed by atoms with E-state index in [0.717, 1.165) is 5.56 Å². The minimum absolute atomic E-state index is 0.00659. The number of aromatic nitrogens is 1. The van der Waals surface area contributed by atoms with E-state index >= 15 is 0 Å². The molecule has 11 heteroatoms. The average Bonchev–Trinajstić information content (AvgIpc) is 2.91. The van der Waals surface area contributed by atoms with Crippen molar-refractivity contribution in [3.8, 4) is 5.75 Å². The Kier molecular flexibility index (Phi) is 9.56. The number of aliphatic hydroxyl groups excluding tert-OH is 1. The van der Waals surface area contributed by atoms with Gasteiger partial charge in [0.15, 0.2) is 30.4 Å². The monoisotopic (exact) mass is 514 g/mol. The number of carbonyl (C=O) groups is 4. The third kappa shape index (κ3) is 7.26. The number of pyridine rings is 1. The largest absolute Gasteiger partial charge is 0.465 e. The number of benzene rings is 1. The van der Waals surface area contributed by atoms with Crippen molar-refractivity contribution < 1.29 is 43.2 Å². The summed E-state index contributed by atoms with van der Waals surface area (Å²) in [6, 6.07) is 10.6. The van der Waals surface area contributed by atoms with Gasteiger partial charge in [-0.25, -0.2) is 9.78 Å². The number of amides is 1. The third-order valence-electron chi connectivity index (χ3n) is 5.67. The van der Waals surface area contributed by atoms with Gasteiger partial charge in [0, 0.05) is 6.20 Å². The van der Waals surface area contributed by atoms with Gasteiger partial charge in [-0.15, -0.1) is 0 Å². The van der Waals surface area contributed by atoms with Crippen molar-refractivity contribution in [3.05, 3.63) is 59.9 Å². The quantitative estimate of drug-likeness (QED) is 0.301. The first-order valence-electron chi connectivity index (χ1n) is 11.8. The molecule has 11 nitrogen and oxygen atoms in total. The van der Waals surface area contributed by atoms with E-state index in [4.69, 9.17) is 24.1 Å². The number of rotatable bonds is 8. The summed E-state index contributed by atoms with van der Waals surface area (Å²) < 4.78 is 21.6. The normalized spacial score (nSPS) is 22.1. The van der Waals surface area contributed by atoms with Crippen molar-refractivity contribution >= 4 is 23.8 Å². The topological polar surface area (TPSA) is 150 Å². The predicted molar refractivity (Wildman–Crippen MR) is 128 cm³/mol. The molecule has 1 saturated heterocycles. The summed E-state index contributed by atoms with van der Waals surface area (Å²) in [6.07, 6.45) is -0.645. The Bertz CT molecular complexity index is 1110. The van der Waals surface area contributed by atoms with Gasteiger partial charge in [-0.2, -0.15) is 0 Å². The first-order valence-corrected chi connectivity index (χ1v) is 11.8. The molecule has 3 rings (SSSR count). The van der Waals surface area contributed by atoms with Gasteiger partial charge >= 0.3 is 17.9 Å². The molecule has 1 amide bonds. The van der Waals surface area contributed by atoms with Crippen molar-refractivity contribution in [2.24, 2.45) is 11.8 Å². The van der Waals surface area contributed by atoms with Gasteiger partial charge < -0.3 is 29.4 Å². The molecule has 0 bridgehead atoms. The average molecular weight is 515 g/mol. The molecule has 37 heavy (non-hydrogen) atoms. The third-order valence-corrected chi connectivity index (χ3v) is 5.67. The molecule has 1 aromatic carbocycles. The highest BCUT2D eigenvalue weighted by atomic mass is 16.6. The van der Waals surface area contributed by atoms with E-state index in [2.05, 4.69) is 10.3 Å². The Hall–Kier alpha value is -3.99. The second-order valence-electron chi connectivity index (χ2n) is 8.77. The molecule has 1 aliphatic heterocycles. The highest BCUT2D eigenvalue weighted by Gasteiger charge is 2.42. The first kappa shape index (κ1) is 27.6. The number of carbonyl (C=O) groups excluding carboxylic acids is 4. The zero-order valence-corrected chi connectivity index (χ0v) is 20.8. The second-order valence-corrected chi connectivity index (χ2v) is 8.77. The summed E-state index contributed by atoms with van der Waals surface area (Å²) in [4.78, 5) is 55.5. The van der Waals surface area contributed by atoms with Gasteiger partial charge in [0.1, 0.15) is 18.6 Å². The standard InChI is InChI=1S/C26H30N2O9/c1-15(2)24(31)37-22-16(3)36-26(33)19(28-23(30)21-20(35-14-29)10-7-11-27-21)13-34-25(32)18(22)12-17-8-5-4-6-9-17/h4-11,15-16,18-19,22,29H,12-14H2,1-3H3,(H,28,30)/t16-,18+,19-,22-/m0/s1.